The molecule has 0 aromatic heterocycles. The SMILES string of the molecule is CCNCc1ccc(F)cc1-c1c(OC)cccc1OC. The van der Waals surface area contributed by atoms with Crippen LogP contribution >= 0.6 is 0 Å². The monoisotopic (exact) mass is 289 g/mol. The molecule has 0 aliphatic carbocycles. The molecular formula is C17H20FNO2. The molecule has 112 valence electrons. The third-order valence-electron chi connectivity index (χ3n) is 3.33. The number of hydrogen-bond acceptors (Lipinski definition) is 3. The van der Waals surface area contributed by atoms with Crippen molar-refractivity contribution < 1.29 is 13.9 Å². The Morgan fingerprint density at radius 2 is 1.71 bits per heavy atom. The van der Waals surface area contributed by atoms with Crippen LogP contribution in [-0.4, -0.2) is 20.8 Å². The van der Waals surface area contributed by atoms with Gasteiger partial charge in [-0.05, 0) is 41.9 Å². The molecule has 2 rings (SSSR count). The van der Waals surface area contributed by atoms with E-state index < -0.39 is 0 Å². The van der Waals surface area contributed by atoms with E-state index in [0.717, 1.165) is 23.2 Å². The van der Waals surface area contributed by atoms with E-state index in [1.165, 1.54) is 12.1 Å². The number of halogens is 1. The Morgan fingerprint density at radius 1 is 1.05 bits per heavy atom. The Balaban J connectivity index is 2.62. The summed E-state index contributed by atoms with van der Waals surface area (Å²) in [6.07, 6.45) is 0. The fraction of sp³-hybridized carbons (Fsp3) is 0.294. The molecule has 3 nitrogen and oxygen atoms in total. The van der Waals surface area contributed by atoms with Gasteiger partial charge in [0.25, 0.3) is 0 Å². The lowest BCUT2D eigenvalue weighted by molar-refractivity contribution is 0.397. The Labute approximate surface area is 124 Å². The lowest BCUT2D eigenvalue weighted by Crippen LogP contribution is -2.12. The van der Waals surface area contributed by atoms with E-state index in [2.05, 4.69) is 5.32 Å². The molecule has 0 amide bonds. The molecule has 0 aliphatic rings. The van der Waals surface area contributed by atoms with Crippen molar-refractivity contribution >= 4 is 0 Å². The normalized spacial score (nSPS) is 10.5. The molecule has 0 saturated heterocycles. The van der Waals surface area contributed by atoms with E-state index >= 15 is 0 Å². The van der Waals surface area contributed by atoms with Crippen LogP contribution in [0.2, 0.25) is 0 Å². The molecule has 0 atom stereocenters. The van der Waals surface area contributed by atoms with Gasteiger partial charge in [0.05, 0.1) is 19.8 Å². The molecule has 2 aromatic carbocycles. The average molecular weight is 289 g/mol. The van der Waals surface area contributed by atoms with Gasteiger partial charge in [0.2, 0.25) is 0 Å². The van der Waals surface area contributed by atoms with Crippen molar-refractivity contribution in [2.45, 2.75) is 13.5 Å². The van der Waals surface area contributed by atoms with Crippen molar-refractivity contribution in [1.29, 1.82) is 0 Å². The van der Waals surface area contributed by atoms with Crippen LogP contribution in [0, 0.1) is 5.82 Å². The first kappa shape index (κ1) is 15.3. The van der Waals surface area contributed by atoms with Crippen LogP contribution in [0.3, 0.4) is 0 Å². The van der Waals surface area contributed by atoms with Crippen molar-refractivity contribution in [1.82, 2.24) is 5.32 Å². The zero-order valence-corrected chi connectivity index (χ0v) is 12.6. The smallest absolute Gasteiger partial charge is 0.130 e. The molecule has 0 spiro atoms. The molecule has 0 unspecified atom stereocenters. The molecule has 0 fully saturated rings. The molecule has 0 heterocycles. The van der Waals surface area contributed by atoms with E-state index in [0.29, 0.717) is 18.0 Å². The highest BCUT2D eigenvalue weighted by molar-refractivity contribution is 5.79. The predicted octanol–water partition coefficient (Wildman–Crippen LogP) is 3.62. The van der Waals surface area contributed by atoms with Crippen LogP contribution in [0.15, 0.2) is 36.4 Å². The number of rotatable bonds is 6. The molecule has 21 heavy (non-hydrogen) atoms. The highest BCUT2D eigenvalue weighted by Gasteiger charge is 2.16. The zero-order valence-electron chi connectivity index (χ0n) is 12.6. The van der Waals surface area contributed by atoms with Gasteiger partial charge in [0, 0.05) is 6.54 Å². The van der Waals surface area contributed by atoms with E-state index in [4.69, 9.17) is 9.47 Å². The summed E-state index contributed by atoms with van der Waals surface area (Å²) in [7, 11) is 3.20. The Bertz CT molecular complexity index is 591. The van der Waals surface area contributed by atoms with Crippen LogP contribution in [0.1, 0.15) is 12.5 Å². The molecule has 2 aromatic rings. The highest BCUT2D eigenvalue weighted by atomic mass is 19.1. The van der Waals surface area contributed by atoms with Gasteiger partial charge in [0.1, 0.15) is 17.3 Å². The predicted molar refractivity (Wildman–Crippen MR) is 82.3 cm³/mol. The molecule has 0 radical (unpaired) electrons. The minimum atomic E-state index is -0.279. The van der Waals surface area contributed by atoms with Crippen molar-refractivity contribution in [3.8, 4) is 22.6 Å². The van der Waals surface area contributed by atoms with Crippen molar-refractivity contribution in [3.63, 3.8) is 0 Å². The van der Waals surface area contributed by atoms with Crippen molar-refractivity contribution in [3.05, 3.63) is 47.8 Å². The Kier molecular flexibility index (Phi) is 5.17. The van der Waals surface area contributed by atoms with E-state index in [1.807, 2.05) is 25.1 Å². The first-order valence-electron chi connectivity index (χ1n) is 6.91. The van der Waals surface area contributed by atoms with Gasteiger partial charge in [-0.2, -0.15) is 0 Å². The summed E-state index contributed by atoms with van der Waals surface area (Å²) in [4.78, 5) is 0. The van der Waals surface area contributed by atoms with E-state index in [-0.39, 0.29) is 5.82 Å². The van der Waals surface area contributed by atoms with Gasteiger partial charge in [-0.3, -0.25) is 0 Å². The molecular weight excluding hydrogens is 269 g/mol. The number of hydrogen-bond donors (Lipinski definition) is 1. The summed E-state index contributed by atoms with van der Waals surface area (Å²) >= 11 is 0. The van der Waals surface area contributed by atoms with Crippen LogP contribution in [0.25, 0.3) is 11.1 Å². The van der Waals surface area contributed by atoms with E-state index in [9.17, 15) is 4.39 Å². The van der Waals surface area contributed by atoms with Crippen LogP contribution in [0.4, 0.5) is 4.39 Å². The number of nitrogens with one attached hydrogen (secondary N) is 1. The van der Waals surface area contributed by atoms with Gasteiger partial charge < -0.3 is 14.8 Å². The summed E-state index contributed by atoms with van der Waals surface area (Å²) < 4.78 is 24.6. The van der Waals surface area contributed by atoms with Crippen molar-refractivity contribution in [2.75, 3.05) is 20.8 Å². The molecule has 4 heteroatoms. The van der Waals surface area contributed by atoms with Crippen molar-refractivity contribution in [2.24, 2.45) is 0 Å². The van der Waals surface area contributed by atoms with Gasteiger partial charge in [0.15, 0.2) is 0 Å². The lowest BCUT2D eigenvalue weighted by atomic mass is 9.97. The number of ether oxygens (including phenoxy) is 2. The maximum atomic E-state index is 13.7. The molecule has 0 saturated carbocycles. The Hall–Kier alpha value is -2.07. The largest absolute Gasteiger partial charge is 0.496 e. The lowest BCUT2D eigenvalue weighted by Gasteiger charge is -2.16. The molecule has 0 aliphatic heterocycles. The summed E-state index contributed by atoms with van der Waals surface area (Å²) in [5.74, 6) is 1.05. The third kappa shape index (κ3) is 3.34. The number of benzene rings is 2. The molecule has 1 N–H and O–H groups in total. The second-order valence-electron chi connectivity index (χ2n) is 4.62. The third-order valence-corrected chi connectivity index (χ3v) is 3.33. The topological polar surface area (TPSA) is 30.5 Å². The van der Waals surface area contributed by atoms with Crippen LogP contribution in [-0.2, 0) is 6.54 Å². The van der Waals surface area contributed by atoms with Gasteiger partial charge in [-0.25, -0.2) is 4.39 Å². The van der Waals surface area contributed by atoms with Gasteiger partial charge >= 0.3 is 0 Å². The van der Waals surface area contributed by atoms with Gasteiger partial charge in [-0.1, -0.05) is 19.1 Å². The summed E-state index contributed by atoms with van der Waals surface area (Å²) in [6, 6.07) is 10.3. The quantitative estimate of drug-likeness (QED) is 0.881. The second-order valence-corrected chi connectivity index (χ2v) is 4.62. The summed E-state index contributed by atoms with van der Waals surface area (Å²) in [6.45, 7) is 3.54. The maximum Gasteiger partial charge on any atom is 0.130 e. The minimum absolute atomic E-state index is 0.279. The number of methoxy groups -OCH3 is 2. The van der Waals surface area contributed by atoms with Crippen LogP contribution < -0.4 is 14.8 Å². The summed E-state index contributed by atoms with van der Waals surface area (Å²) in [5.41, 5.74) is 2.56. The minimum Gasteiger partial charge on any atom is -0.496 e. The highest BCUT2D eigenvalue weighted by Crippen LogP contribution is 2.40. The Morgan fingerprint density at radius 3 is 2.29 bits per heavy atom. The fourth-order valence-corrected chi connectivity index (χ4v) is 2.31. The maximum absolute atomic E-state index is 13.7. The standard InChI is InChI=1S/C17H20FNO2/c1-4-19-11-12-8-9-13(18)10-14(12)17-15(20-2)6-5-7-16(17)21-3/h5-10,19H,4,11H2,1-3H3. The van der Waals surface area contributed by atoms with Gasteiger partial charge in [-0.15, -0.1) is 0 Å². The first-order chi connectivity index (χ1) is 10.2. The van der Waals surface area contributed by atoms with Crippen LogP contribution in [0.5, 0.6) is 11.5 Å². The second kappa shape index (κ2) is 7.09. The summed E-state index contributed by atoms with van der Waals surface area (Å²) in [5, 5.41) is 3.27. The molecule has 0 bridgehead atoms. The zero-order chi connectivity index (χ0) is 15.2. The average Bonchev–Trinajstić information content (AvgIpc) is 2.52. The fourth-order valence-electron chi connectivity index (χ4n) is 2.31. The first-order valence-corrected chi connectivity index (χ1v) is 6.91. The van der Waals surface area contributed by atoms with E-state index in [1.54, 1.807) is 20.3 Å².